The highest BCUT2D eigenvalue weighted by atomic mass is 32.1. The van der Waals surface area contributed by atoms with Gasteiger partial charge in [0.2, 0.25) is 5.91 Å². The topological polar surface area (TPSA) is 123 Å². The number of aromatic nitrogens is 1. The predicted octanol–water partition coefficient (Wildman–Crippen LogP) is 4.82. The highest BCUT2D eigenvalue weighted by Gasteiger charge is 2.40. The van der Waals surface area contributed by atoms with Crippen molar-refractivity contribution < 1.29 is 19.3 Å². The third kappa shape index (κ3) is 4.86. The number of rotatable bonds is 9. The summed E-state index contributed by atoms with van der Waals surface area (Å²) in [6.45, 7) is 2.17. The number of nitrogens with zero attached hydrogens (tertiary/aromatic N) is 3. The zero-order valence-electron chi connectivity index (χ0n) is 18.4. The molecule has 34 heavy (non-hydrogen) atoms. The zero-order chi connectivity index (χ0) is 24.2. The van der Waals surface area contributed by atoms with Crippen LogP contribution in [0.25, 0.3) is 11.3 Å². The molecule has 1 N–H and O–H groups in total. The fourth-order valence-electron chi connectivity index (χ4n) is 3.77. The molecule has 9 nitrogen and oxygen atoms in total. The Bertz CT molecular complexity index is 1270. The molecule has 3 aromatic rings. The lowest BCUT2D eigenvalue weighted by Crippen LogP contribution is -2.30. The van der Waals surface area contributed by atoms with Crippen LogP contribution >= 0.6 is 11.3 Å². The Morgan fingerprint density at radius 2 is 1.85 bits per heavy atom. The number of carbonyl (C=O) groups excluding carboxylic acids is 3. The number of anilines is 1. The summed E-state index contributed by atoms with van der Waals surface area (Å²) in [4.78, 5) is 53.3. The van der Waals surface area contributed by atoms with E-state index in [2.05, 4.69) is 10.3 Å². The second-order valence-electron chi connectivity index (χ2n) is 7.98. The van der Waals surface area contributed by atoms with E-state index in [0.717, 1.165) is 21.7 Å². The number of imide groups is 1. The molecule has 10 heteroatoms. The number of benzene rings is 2. The van der Waals surface area contributed by atoms with Gasteiger partial charge in [0.1, 0.15) is 5.56 Å². The van der Waals surface area contributed by atoms with Crippen LogP contribution in [0.4, 0.5) is 10.8 Å². The van der Waals surface area contributed by atoms with E-state index in [1.54, 1.807) is 0 Å². The second-order valence-corrected chi connectivity index (χ2v) is 8.84. The van der Waals surface area contributed by atoms with E-state index in [0.29, 0.717) is 24.4 Å². The van der Waals surface area contributed by atoms with Crippen molar-refractivity contribution in [2.75, 3.05) is 11.9 Å². The molecule has 0 aliphatic carbocycles. The van der Waals surface area contributed by atoms with Gasteiger partial charge in [-0.3, -0.25) is 29.4 Å². The highest BCUT2D eigenvalue weighted by molar-refractivity contribution is 7.14. The van der Waals surface area contributed by atoms with Gasteiger partial charge in [-0.25, -0.2) is 4.98 Å². The Morgan fingerprint density at radius 1 is 1.09 bits per heavy atom. The van der Waals surface area contributed by atoms with E-state index < -0.39 is 16.7 Å². The van der Waals surface area contributed by atoms with Crippen LogP contribution in [-0.4, -0.2) is 39.1 Å². The van der Waals surface area contributed by atoms with Gasteiger partial charge < -0.3 is 5.32 Å². The molecule has 0 saturated carbocycles. The number of hydrogen-bond donors (Lipinski definition) is 1. The molecule has 1 aliphatic rings. The maximum Gasteiger partial charge on any atom is 0.282 e. The first-order valence-electron chi connectivity index (χ1n) is 10.8. The summed E-state index contributed by atoms with van der Waals surface area (Å²) in [5, 5.41) is 16.4. The number of carbonyl (C=O) groups is 3. The van der Waals surface area contributed by atoms with Crippen molar-refractivity contribution in [3.8, 4) is 11.3 Å². The van der Waals surface area contributed by atoms with Crippen LogP contribution in [0.5, 0.6) is 0 Å². The van der Waals surface area contributed by atoms with Gasteiger partial charge in [0.25, 0.3) is 17.5 Å². The van der Waals surface area contributed by atoms with Gasteiger partial charge in [0.05, 0.1) is 16.2 Å². The molecule has 1 aromatic heterocycles. The van der Waals surface area contributed by atoms with Crippen LogP contribution < -0.4 is 5.32 Å². The Labute approximate surface area is 199 Å². The average molecular weight is 479 g/mol. The van der Waals surface area contributed by atoms with Crippen LogP contribution in [-0.2, 0) is 4.79 Å². The summed E-state index contributed by atoms with van der Waals surface area (Å²) in [5.41, 5.74) is 2.51. The van der Waals surface area contributed by atoms with E-state index >= 15 is 0 Å². The van der Waals surface area contributed by atoms with Gasteiger partial charge in [0, 0.05) is 30.0 Å². The zero-order valence-corrected chi connectivity index (χ0v) is 19.3. The summed E-state index contributed by atoms with van der Waals surface area (Å²) in [6.07, 6.45) is 1.98. The van der Waals surface area contributed by atoms with E-state index in [-0.39, 0.29) is 35.7 Å². The largest absolute Gasteiger partial charge is 0.302 e. The van der Waals surface area contributed by atoms with Gasteiger partial charge in [0.15, 0.2) is 5.13 Å². The molecule has 1 aliphatic heterocycles. The van der Waals surface area contributed by atoms with E-state index in [1.165, 1.54) is 29.5 Å². The van der Waals surface area contributed by atoms with Crippen molar-refractivity contribution in [3.05, 3.63) is 74.6 Å². The molecule has 2 heterocycles. The Morgan fingerprint density at radius 3 is 2.59 bits per heavy atom. The number of aryl methyl sites for hydroxylation is 1. The SMILES string of the molecule is Cc1ccc(-c2csc(NC(=O)CCCCCN3C(=O)c4cccc([N+](=O)[O-])c4C3=O)n2)cc1. The number of nitro groups is 1. The first-order chi connectivity index (χ1) is 16.3. The van der Waals surface area contributed by atoms with E-state index in [4.69, 9.17) is 0 Å². The highest BCUT2D eigenvalue weighted by Crippen LogP contribution is 2.31. The normalized spacial score (nSPS) is 12.7. The maximum atomic E-state index is 12.6. The summed E-state index contributed by atoms with van der Waals surface area (Å²) >= 11 is 1.36. The monoisotopic (exact) mass is 478 g/mol. The fraction of sp³-hybridized carbons (Fsp3) is 0.250. The molecular formula is C24H22N4O5S. The predicted molar refractivity (Wildman–Crippen MR) is 128 cm³/mol. The van der Waals surface area contributed by atoms with Crippen molar-refractivity contribution in [2.24, 2.45) is 0 Å². The van der Waals surface area contributed by atoms with Gasteiger partial charge in [-0.2, -0.15) is 0 Å². The third-order valence-electron chi connectivity index (χ3n) is 5.56. The molecule has 0 atom stereocenters. The summed E-state index contributed by atoms with van der Waals surface area (Å²) in [6, 6.07) is 12.0. The molecule has 2 aromatic carbocycles. The van der Waals surface area contributed by atoms with Crippen LogP contribution in [0.15, 0.2) is 47.8 Å². The number of nitrogens with one attached hydrogen (secondary N) is 1. The average Bonchev–Trinajstić information content (AvgIpc) is 3.37. The Hall–Kier alpha value is -3.92. The first-order valence-corrected chi connectivity index (χ1v) is 11.7. The number of nitro benzene ring substituents is 1. The number of amides is 3. The molecule has 174 valence electrons. The molecule has 0 radical (unpaired) electrons. The third-order valence-corrected chi connectivity index (χ3v) is 6.31. The fourth-order valence-corrected chi connectivity index (χ4v) is 4.51. The number of hydrogen-bond acceptors (Lipinski definition) is 7. The van der Waals surface area contributed by atoms with Crippen LogP contribution in [0.1, 0.15) is 52.0 Å². The number of unbranched alkanes of at least 4 members (excludes halogenated alkanes) is 2. The lowest BCUT2D eigenvalue weighted by atomic mass is 10.1. The lowest BCUT2D eigenvalue weighted by Gasteiger charge is -2.13. The van der Waals surface area contributed by atoms with Crippen LogP contribution in [0.2, 0.25) is 0 Å². The molecule has 0 bridgehead atoms. The van der Waals surface area contributed by atoms with Crippen LogP contribution in [0.3, 0.4) is 0 Å². The summed E-state index contributed by atoms with van der Waals surface area (Å²) in [7, 11) is 0. The van der Waals surface area contributed by atoms with Crippen LogP contribution in [0, 0.1) is 17.0 Å². The molecule has 0 fully saturated rings. The van der Waals surface area contributed by atoms with Gasteiger partial charge in [-0.05, 0) is 25.8 Å². The minimum absolute atomic E-state index is 0.0621. The molecule has 0 saturated heterocycles. The Balaban J connectivity index is 1.22. The minimum Gasteiger partial charge on any atom is -0.302 e. The second kappa shape index (κ2) is 9.92. The minimum atomic E-state index is -0.654. The van der Waals surface area contributed by atoms with Gasteiger partial charge in [-0.15, -0.1) is 11.3 Å². The maximum absolute atomic E-state index is 12.6. The molecule has 3 amide bonds. The van der Waals surface area contributed by atoms with Crippen molar-refractivity contribution in [2.45, 2.75) is 32.6 Å². The van der Waals surface area contributed by atoms with Gasteiger partial charge in [-0.1, -0.05) is 42.3 Å². The standard InChI is InChI=1S/C24H22N4O5S/c1-15-9-11-16(12-10-15)18-14-34-24(25-18)26-20(29)8-3-2-4-13-27-22(30)17-6-5-7-19(28(32)33)21(17)23(27)31/h5-7,9-12,14H,2-4,8,13H2,1H3,(H,25,26,29). The summed E-state index contributed by atoms with van der Waals surface area (Å²) in [5.74, 6) is -1.31. The quantitative estimate of drug-likeness (QED) is 0.204. The van der Waals surface area contributed by atoms with Gasteiger partial charge >= 0.3 is 0 Å². The van der Waals surface area contributed by atoms with Crippen molar-refractivity contribution in [3.63, 3.8) is 0 Å². The molecular weight excluding hydrogens is 456 g/mol. The molecule has 4 rings (SSSR count). The van der Waals surface area contributed by atoms with Crippen molar-refractivity contribution in [1.29, 1.82) is 0 Å². The number of thiazole rings is 1. The number of fused-ring (bicyclic) bond motifs is 1. The molecule has 0 spiro atoms. The van der Waals surface area contributed by atoms with E-state index in [9.17, 15) is 24.5 Å². The van der Waals surface area contributed by atoms with E-state index in [1.807, 2.05) is 36.6 Å². The lowest BCUT2D eigenvalue weighted by molar-refractivity contribution is -0.385. The first kappa shape index (κ1) is 23.2. The molecule has 0 unspecified atom stereocenters. The van der Waals surface area contributed by atoms with Crippen molar-refractivity contribution >= 4 is 39.9 Å². The summed E-state index contributed by atoms with van der Waals surface area (Å²) < 4.78 is 0. The smallest absolute Gasteiger partial charge is 0.282 e. The Kier molecular flexibility index (Phi) is 6.78. The van der Waals surface area contributed by atoms with Crippen molar-refractivity contribution in [1.82, 2.24) is 9.88 Å².